The molecule has 0 atom stereocenters. The molecule has 1 aromatic rings. The van der Waals surface area contributed by atoms with E-state index in [2.05, 4.69) is 12.1 Å². The van der Waals surface area contributed by atoms with Crippen molar-refractivity contribution in [1.29, 1.82) is 0 Å². The molecule has 0 unspecified atom stereocenters. The van der Waals surface area contributed by atoms with Crippen molar-refractivity contribution in [3.8, 4) is 5.75 Å². The Balaban J connectivity index is 2.27. The molecule has 0 fully saturated rings. The van der Waals surface area contributed by atoms with Crippen LogP contribution in [0.3, 0.4) is 0 Å². The first-order valence-electron chi connectivity index (χ1n) is 5.77. The maximum absolute atomic E-state index is 5.58. The van der Waals surface area contributed by atoms with Gasteiger partial charge in [0.05, 0.1) is 13.2 Å². The van der Waals surface area contributed by atoms with Crippen molar-refractivity contribution in [3.63, 3.8) is 0 Å². The van der Waals surface area contributed by atoms with Crippen LogP contribution in [0, 0.1) is 0 Å². The Hall–Kier alpha value is -1.06. The van der Waals surface area contributed by atoms with Gasteiger partial charge in [0.25, 0.3) is 0 Å². The molecule has 0 heterocycles. The summed E-state index contributed by atoms with van der Waals surface area (Å²) in [7, 11) is 1.72. The average Bonchev–Trinajstić information content (AvgIpc) is 2.33. The summed E-state index contributed by atoms with van der Waals surface area (Å²) >= 11 is 0. The zero-order valence-corrected chi connectivity index (χ0v) is 9.95. The van der Waals surface area contributed by atoms with Gasteiger partial charge in [-0.15, -0.1) is 0 Å². The van der Waals surface area contributed by atoms with E-state index in [9.17, 15) is 0 Å². The van der Waals surface area contributed by atoms with E-state index in [1.54, 1.807) is 7.11 Å². The van der Waals surface area contributed by atoms with Crippen LogP contribution in [0.15, 0.2) is 24.3 Å². The van der Waals surface area contributed by atoms with Crippen LogP contribution in [0.1, 0.15) is 18.4 Å². The summed E-state index contributed by atoms with van der Waals surface area (Å²) in [6.45, 7) is 2.24. The van der Waals surface area contributed by atoms with E-state index in [1.807, 2.05) is 12.1 Å². The highest BCUT2D eigenvalue weighted by atomic mass is 16.5. The zero-order valence-electron chi connectivity index (χ0n) is 9.95. The maximum Gasteiger partial charge on any atom is 0.119 e. The molecule has 0 radical (unpaired) electrons. The molecule has 0 spiro atoms. The average molecular weight is 223 g/mol. The van der Waals surface area contributed by atoms with Gasteiger partial charge in [-0.2, -0.15) is 0 Å². The number of rotatable bonds is 8. The highest BCUT2D eigenvalue weighted by Crippen LogP contribution is 2.13. The molecule has 0 aromatic heterocycles. The summed E-state index contributed by atoms with van der Waals surface area (Å²) in [5, 5.41) is 0. The lowest BCUT2D eigenvalue weighted by Crippen LogP contribution is -2.03. The van der Waals surface area contributed by atoms with Crippen molar-refractivity contribution in [2.24, 2.45) is 5.73 Å². The lowest BCUT2D eigenvalue weighted by Gasteiger charge is -2.06. The van der Waals surface area contributed by atoms with Crippen molar-refractivity contribution in [2.75, 3.05) is 26.9 Å². The van der Waals surface area contributed by atoms with Crippen molar-refractivity contribution < 1.29 is 9.47 Å². The van der Waals surface area contributed by atoms with Gasteiger partial charge < -0.3 is 15.2 Å². The standard InChI is InChI=1S/C13H21NO2/c1-15-11-8-12-4-6-13(7-5-12)16-10-3-2-9-14/h4-7H,2-3,8-11,14H2,1H3. The van der Waals surface area contributed by atoms with Crippen molar-refractivity contribution in [3.05, 3.63) is 29.8 Å². The van der Waals surface area contributed by atoms with E-state index in [0.29, 0.717) is 0 Å². The van der Waals surface area contributed by atoms with Gasteiger partial charge in [-0.1, -0.05) is 12.1 Å². The number of benzene rings is 1. The van der Waals surface area contributed by atoms with Crippen LogP contribution in [-0.4, -0.2) is 26.9 Å². The largest absolute Gasteiger partial charge is 0.494 e. The third-order valence-corrected chi connectivity index (χ3v) is 2.39. The zero-order chi connectivity index (χ0) is 11.6. The van der Waals surface area contributed by atoms with Gasteiger partial charge in [0, 0.05) is 7.11 Å². The molecule has 0 aliphatic heterocycles. The van der Waals surface area contributed by atoms with Gasteiger partial charge >= 0.3 is 0 Å². The van der Waals surface area contributed by atoms with Gasteiger partial charge in [0.2, 0.25) is 0 Å². The van der Waals surface area contributed by atoms with Crippen LogP contribution in [0.2, 0.25) is 0 Å². The van der Waals surface area contributed by atoms with E-state index in [-0.39, 0.29) is 0 Å². The number of ether oxygens (including phenoxy) is 2. The third kappa shape index (κ3) is 5.14. The van der Waals surface area contributed by atoms with E-state index < -0.39 is 0 Å². The predicted molar refractivity (Wildman–Crippen MR) is 65.8 cm³/mol. The first kappa shape index (κ1) is 13.0. The molecule has 1 aromatic carbocycles. The second-order valence-electron chi connectivity index (χ2n) is 3.73. The van der Waals surface area contributed by atoms with Gasteiger partial charge in [-0.05, 0) is 43.5 Å². The molecule has 90 valence electrons. The van der Waals surface area contributed by atoms with E-state index in [1.165, 1.54) is 5.56 Å². The minimum absolute atomic E-state index is 0.735. The fraction of sp³-hybridized carbons (Fsp3) is 0.538. The Morgan fingerprint density at radius 1 is 1.06 bits per heavy atom. The van der Waals surface area contributed by atoms with Crippen LogP contribution < -0.4 is 10.5 Å². The predicted octanol–water partition coefficient (Wildman–Crippen LogP) is 1.99. The molecule has 3 heteroatoms. The van der Waals surface area contributed by atoms with Gasteiger partial charge in [0.1, 0.15) is 5.75 Å². The quantitative estimate of drug-likeness (QED) is 0.685. The molecule has 1 rings (SSSR count). The molecule has 0 aliphatic carbocycles. The van der Waals surface area contributed by atoms with Crippen molar-refractivity contribution in [2.45, 2.75) is 19.3 Å². The number of hydrogen-bond acceptors (Lipinski definition) is 3. The first-order valence-corrected chi connectivity index (χ1v) is 5.77. The lowest BCUT2D eigenvalue weighted by atomic mass is 10.1. The van der Waals surface area contributed by atoms with E-state index in [4.69, 9.17) is 15.2 Å². The summed E-state index contributed by atoms with van der Waals surface area (Å²) in [4.78, 5) is 0. The number of nitrogens with two attached hydrogens (primary N) is 1. The summed E-state index contributed by atoms with van der Waals surface area (Å²) < 4.78 is 10.6. The molecular weight excluding hydrogens is 202 g/mol. The second-order valence-corrected chi connectivity index (χ2v) is 3.73. The molecule has 16 heavy (non-hydrogen) atoms. The molecule has 2 N–H and O–H groups in total. The molecule has 0 amide bonds. The minimum atomic E-state index is 0.735. The van der Waals surface area contributed by atoms with E-state index in [0.717, 1.165) is 44.8 Å². The van der Waals surface area contributed by atoms with Crippen LogP contribution in [0.25, 0.3) is 0 Å². The summed E-state index contributed by atoms with van der Waals surface area (Å²) in [6, 6.07) is 8.18. The summed E-state index contributed by atoms with van der Waals surface area (Å²) in [5.74, 6) is 0.929. The smallest absolute Gasteiger partial charge is 0.119 e. The van der Waals surface area contributed by atoms with Crippen molar-refractivity contribution >= 4 is 0 Å². The molecule has 3 nitrogen and oxygen atoms in total. The Bertz CT molecular complexity index is 272. The Morgan fingerprint density at radius 2 is 1.81 bits per heavy atom. The summed E-state index contributed by atoms with van der Waals surface area (Å²) in [5.41, 5.74) is 6.68. The van der Waals surface area contributed by atoms with E-state index >= 15 is 0 Å². The fourth-order valence-electron chi connectivity index (χ4n) is 1.41. The molecule has 0 saturated heterocycles. The van der Waals surface area contributed by atoms with Crippen molar-refractivity contribution in [1.82, 2.24) is 0 Å². The minimum Gasteiger partial charge on any atom is -0.494 e. The highest BCUT2D eigenvalue weighted by molar-refractivity contribution is 5.27. The normalized spacial score (nSPS) is 10.4. The molecular formula is C13H21NO2. The van der Waals surface area contributed by atoms with Crippen LogP contribution in [-0.2, 0) is 11.2 Å². The number of methoxy groups -OCH3 is 1. The van der Waals surface area contributed by atoms with Crippen LogP contribution >= 0.6 is 0 Å². The van der Waals surface area contributed by atoms with Gasteiger partial charge in [-0.25, -0.2) is 0 Å². The topological polar surface area (TPSA) is 44.5 Å². The number of unbranched alkanes of at least 4 members (excludes halogenated alkanes) is 1. The maximum atomic E-state index is 5.58. The Kier molecular flexibility index (Phi) is 6.61. The van der Waals surface area contributed by atoms with Crippen LogP contribution in [0.4, 0.5) is 0 Å². The van der Waals surface area contributed by atoms with Crippen LogP contribution in [0.5, 0.6) is 5.75 Å². The molecule has 0 bridgehead atoms. The molecule has 0 saturated carbocycles. The fourth-order valence-corrected chi connectivity index (χ4v) is 1.41. The SMILES string of the molecule is COCCc1ccc(OCCCCN)cc1. The Morgan fingerprint density at radius 3 is 2.44 bits per heavy atom. The second kappa shape index (κ2) is 8.13. The lowest BCUT2D eigenvalue weighted by molar-refractivity contribution is 0.202. The third-order valence-electron chi connectivity index (χ3n) is 2.39. The van der Waals surface area contributed by atoms with Gasteiger partial charge in [0.15, 0.2) is 0 Å². The first-order chi connectivity index (χ1) is 7.86. The molecule has 0 aliphatic rings. The monoisotopic (exact) mass is 223 g/mol. The highest BCUT2D eigenvalue weighted by Gasteiger charge is 1.95. The number of hydrogen-bond donors (Lipinski definition) is 1. The Labute approximate surface area is 97.6 Å². The summed E-state index contributed by atoms with van der Waals surface area (Å²) in [6.07, 6.45) is 2.98. The van der Waals surface area contributed by atoms with Gasteiger partial charge in [-0.3, -0.25) is 0 Å².